The van der Waals surface area contributed by atoms with Crippen molar-refractivity contribution < 1.29 is 17.0 Å². The highest BCUT2D eigenvalue weighted by atomic mass is 32.2. The number of oxazole rings is 1. The van der Waals surface area contributed by atoms with Crippen molar-refractivity contribution in [2.24, 2.45) is 5.92 Å². The summed E-state index contributed by atoms with van der Waals surface area (Å²) in [7, 11) is -3.38. The smallest absolute Gasteiger partial charge is 0.264 e. The van der Waals surface area contributed by atoms with E-state index in [-0.39, 0.29) is 6.61 Å². The van der Waals surface area contributed by atoms with Crippen LogP contribution in [0.15, 0.2) is 16.8 Å². The largest absolute Gasteiger partial charge is 0.445 e. The molecular formula is C12H19NO4S. The van der Waals surface area contributed by atoms with Crippen LogP contribution in [0.5, 0.6) is 0 Å². The van der Waals surface area contributed by atoms with E-state index in [2.05, 4.69) is 23.0 Å². The van der Waals surface area contributed by atoms with Crippen molar-refractivity contribution >= 4 is 16.2 Å². The molecule has 18 heavy (non-hydrogen) atoms. The van der Waals surface area contributed by atoms with E-state index in [1.165, 1.54) is 6.26 Å². The van der Waals surface area contributed by atoms with Gasteiger partial charge in [-0.05, 0) is 18.4 Å². The molecule has 0 aliphatic carbocycles. The molecule has 0 amide bonds. The van der Waals surface area contributed by atoms with Gasteiger partial charge < -0.3 is 4.42 Å². The molecule has 0 aromatic carbocycles. The minimum absolute atomic E-state index is 0.0838. The molecule has 0 aliphatic heterocycles. The van der Waals surface area contributed by atoms with Gasteiger partial charge in [0.2, 0.25) is 5.89 Å². The average molecular weight is 273 g/mol. The lowest BCUT2D eigenvalue weighted by molar-refractivity contribution is 0.324. The summed E-state index contributed by atoms with van der Waals surface area (Å²) in [6, 6.07) is 0. The van der Waals surface area contributed by atoms with E-state index < -0.39 is 10.1 Å². The zero-order valence-corrected chi connectivity index (χ0v) is 11.7. The first-order valence-corrected chi connectivity index (χ1v) is 7.64. The van der Waals surface area contributed by atoms with Crippen molar-refractivity contribution in [2.75, 3.05) is 12.9 Å². The van der Waals surface area contributed by atoms with Gasteiger partial charge in [-0.2, -0.15) is 8.42 Å². The van der Waals surface area contributed by atoms with Crippen LogP contribution in [0, 0.1) is 5.92 Å². The Balaban J connectivity index is 2.41. The standard InChI is InChI=1S/C12H19NO4S/c1-10(2)5-4-6-12-13-11(9-16-12)7-8-17-18(3,14)15/h4,6,9-10H,5,7-8H2,1-3H3/b6-4+. The van der Waals surface area contributed by atoms with Crippen LogP contribution < -0.4 is 0 Å². The number of allylic oxidation sites excluding steroid dienone is 1. The second-order valence-corrected chi connectivity index (χ2v) is 6.13. The van der Waals surface area contributed by atoms with Crippen molar-refractivity contribution in [3.05, 3.63) is 23.9 Å². The first-order chi connectivity index (χ1) is 8.37. The normalized spacial score (nSPS) is 12.7. The third-order valence-electron chi connectivity index (χ3n) is 2.09. The number of aromatic nitrogens is 1. The lowest BCUT2D eigenvalue weighted by Gasteiger charge is -1.97. The first kappa shape index (κ1) is 14.9. The summed E-state index contributed by atoms with van der Waals surface area (Å²) in [4.78, 5) is 4.20. The Labute approximate surface area is 108 Å². The number of hydrogen-bond acceptors (Lipinski definition) is 5. The average Bonchev–Trinajstić information content (AvgIpc) is 2.63. The van der Waals surface area contributed by atoms with E-state index in [1.54, 1.807) is 0 Å². The Bertz CT molecular complexity index is 488. The minimum atomic E-state index is -3.38. The van der Waals surface area contributed by atoms with Crippen molar-refractivity contribution in [1.82, 2.24) is 4.98 Å². The molecule has 0 aliphatic rings. The summed E-state index contributed by atoms with van der Waals surface area (Å²) in [5.41, 5.74) is 0.683. The molecule has 1 heterocycles. The van der Waals surface area contributed by atoms with E-state index in [0.717, 1.165) is 12.7 Å². The van der Waals surface area contributed by atoms with Crippen LogP contribution in [0.4, 0.5) is 0 Å². The predicted octanol–water partition coefficient (Wildman–Crippen LogP) is 2.25. The molecule has 0 saturated heterocycles. The van der Waals surface area contributed by atoms with Crippen LogP contribution in [0.2, 0.25) is 0 Å². The van der Waals surface area contributed by atoms with Gasteiger partial charge in [-0.1, -0.05) is 19.9 Å². The van der Waals surface area contributed by atoms with Crippen molar-refractivity contribution in [3.63, 3.8) is 0 Å². The Morgan fingerprint density at radius 3 is 2.83 bits per heavy atom. The number of nitrogens with zero attached hydrogens (tertiary/aromatic N) is 1. The van der Waals surface area contributed by atoms with Gasteiger partial charge in [0.15, 0.2) is 0 Å². The Kier molecular flexibility index (Phi) is 5.55. The summed E-state index contributed by atoms with van der Waals surface area (Å²) in [5, 5.41) is 0. The molecule has 1 aromatic rings. The second kappa shape index (κ2) is 6.70. The lowest BCUT2D eigenvalue weighted by Crippen LogP contribution is -2.06. The molecule has 0 N–H and O–H groups in total. The Hall–Kier alpha value is -1.14. The molecular weight excluding hydrogens is 254 g/mol. The Morgan fingerprint density at radius 2 is 2.22 bits per heavy atom. The molecule has 0 spiro atoms. The first-order valence-electron chi connectivity index (χ1n) is 5.82. The molecule has 0 radical (unpaired) electrons. The molecule has 0 atom stereocenters. The summed E-state index contributed by atoms with van der Waals surface area (Å²) in [5.74, 6) is 1.13. The molecule has 0 fully saturated rings. The summed E-state index contributed by atoms with van der Waals surface area (Å²) < 4.78 is 31.4. The fourth-order valence-electron chi connectivity index (χ4n) is 1.25. The third kappa shape index (κ3) is 6.56. The van der Waals surface area contributed by atoms with Gasteiger partial charge in [0.05, 0.1) is 18.6 Å². The van der Waals surface area contributed by atoms with E-state index >= 15 is 0 Å². The highest BCUT2D eigenvalue weighted by Gasteiger charge is 2.05. The van der Waals surface area contributed by atoms with Gasteiger partial charge in [0, 0.05) is 6.42 Å². The van der Waals surface area contributed by atoms with E-state index in [1.807, 2.05) is 12.2 Å². The van der Waals surface area contributed by atoms with Crippen molar-refractivity contribution in [1.29, 1.82) is 0 Å². The molecule has 5 nitrogen and oxygen atoms in total. The topological polar surface area (TPSA) is 69.4 Å². The van der Waals surface area contributed by atoms with Crippen LogP contribution in [-0.2, 0) is 20.7 Å². The lowest BCUT2D eigenvalue weighted by atomic mass is 10.1. The monoisotopic (exact) mass is 273 g/mol. The summed E-state index contributed by atoms with van der Waals surface area (Å²) in [6.45, 7) is 4.35. The maximum absolute atomic E-state index is 10.8. The maximum atomic E-state index is 10.8. The summed E-state index contributed by atoms with van der Waals surface area (Å²) >= 11 is 0. The van der Waals surface area contributed by atoms with Crippen LogP contribution in [0.3, 0.4) is 0 Å². The van der Waals surface area contributed by atoms with Crippen LogP contribution in [0.1, 0.15) is 31.9 Å². The SMILES string of the molecule is CC(C)C/C=C/c1nc(CCOS(C)(=O)=O)co1. The molecule has 0 saturated carbocycles. The van der Waals surface area contributed by atoms with Crippen molar-refractivity contribution in [3.8, 4) is 0 Å². The molecule has 1 rings (SSSR count). The molecule has 102 valence electrons. The quantitative estimate of drug-likeness (QED) is 0.713. The van der Waals surface area contributed by atoms with Gasteiger partial charge in [0.25, 0.3) is 10.1 Å². The third-order valence-corrected chi connectivity index (χ3v) is 2.69. The number of rotatable bonds is 7. The van der Waals surface area contributed by atoms with E-state index in [0.29, 0.717) is 23.9 Å². The minimum Gasteiger partial charge on any atom is -0.445 e. The molecule has 0 unspecified atom stereocenters. The van der Waals surface area contributed by atoms with Crippen molar-refractivity contribution in [2.45, 2.75) is 26.7 Å². The van der Waals surface area contributed by atoms with Crippen LogP contribution >= 0.6 is 0 Å². The van der Waals surface area contributed by atoms with Crippen LogP contribution in [0.25, 0.3) is 6.08 Å². The highest BCUT2D eigenvalue weighted by molar-refractivity contribution is 7.85. The fraction of sp³-hybridized carbons (Fsp3) is 0.583. The second-order valence-electron chi connectivity index (χ2n) is 4.49. The van der Waals surface area contributed by atoms with Gasteiger partial charge in [-0.15, -0.1) is 0 Å². The summed E-state index contributed by atoms with van der Waals surface area (Å²) in [6.07, 6.45) is 7.74. The maximum Gasteiger partial charge on any atom is 0.264 e. The highest BCUT2D eigenvalue weighted by Crippen LogP contribution is 2.08. The van der Waals surface area contributed by atoms with Crippen LogP contribution in [-0.4, -0.2) is 26.3 Å². The van der Waals surface area contributed by atoms with Gasteiger partial charge in [-0.25, -0.2) is 4.98 Å². The van der Waals surface area contributed by atoms with Gasteiger partial charge >= 0.3 is 0 Å². The van der Waals surface area contributed by atoms with E-state index in [9.17, 15) is 8.42 Å². The molecule has 6 heteroatoms. The number of hydrogen-bond donors (Lipinski definition) is 0. The van der Waals surface area contributed by atoms with Gasteiger partial charge in [-0.3, -0.25) is 4.18 Å². The zero-order valence-electron chi connectivity index (χ0n) is 10.9. The fourth-order valence-corrected chi connectivity index (χ4v) is 1.64. The van der Waals surface area contributed by atoms with E-state index in [4.69, 9.17) is 4.42 Å². The molecule has 1 aromatic heterocycles. The predicted molar refractivity (Wildman–Crippen MR) is 69.5 cm³/mol. The molecule has 0 bridgehead atoms. The Morgan fingerprint density at radius 1 is 1.50 bits per heavy atom. The van der Waals surface area contributed by atoms with Gasteiger partial charge in [0.1, 0.15) is 6.26 Å². The zero-order chi connectivity index (χ0) is 13.6.